The first-order valence-corrected chi connectivity index (χ1v) is 12.8. The smallest absolute Gasteiger partial charge is 0.387 e. The lowest BCUT2D eigenvalue weighted by atomic mass is 9.97. The van der Waals surface area contributed by atoms with Crippen molar-refractivity contribution in [3.8, 4) is 28.1 Å². The van der Waals surface area contributed by atoms with Gasteiger partial charge in [-0.15, -0.1) is 0 Å². The third-order valence-electron chi connectivity index (χ3n) is 7.90. The largest absolute Gasteiger partial charge is 0.434 e. The number of hydrogen-bond donors (Lipinski definition) is 1. The molecule has 0 spiro atoms. The molecule has 0 radical (unpaired) electrons. The Labute approximate surface area is 223 Å². The number of nitrogens with one attached hydrogen (secondary N) is 1. The maximum absolute atomic E-state index is 13.4. The molecule has 0 unspecified atom stereocenters. The average molecular weight is 526 g/mol. The quantitative estimate of drug-likeness (QED) is 0.293. The Balaban J connectivity index is 1.35. The maximum Gasteiger partial charge on any atom is 0.387 e. The van der Waals surface area contributed by atoms with Gasteiger partial charge in [0.1, 0.15) is 17.4 Å². The molecule has 2 aromatic heterocycles. The number of alkyl halides is 2. The standard InChI is InChI=1S/C30H25F2N5O2/c1-15-27(34-16(2)33-15)18-9-7-17(8-10-18)19-11-12-21-22(13-19)37-23-14-24(28(37)35-21)36(3)29(38)20-5-4-6-25(26(20)23)39-30(31)32/h4-13,23-24,30H,14H2,1-3H3,(H,33,34)/t23-,24-/m1/s1. The maximum atomic E-state index is 13.4. The lowest BCUT2D eigenvalue weighted by molar-refractivity contribution is -0.0507. The minimum absolute atomic E-state index is 0.0280. The van der Waals surface area contributed by atoms with E-state index >= 15 is 0 Å². The Morgan fingerprint density at radius 1 is 0.974 bits per heavy atom. The van der Waals surface area contributed by atoms with Crippen LogP contribution in [0.25, 0.3) is 33.4 Å². The fourth-order valence-corrected chi connectivity index (χ4v) is 6.17. The van der Waals surface area contributed by atoms with Crippen molar-refractivity contribution in [2.45, 2.75) is 39.0 Å². The van der Waals surface area contributed by atoms with Gasteiger partial charge in [-0.05, 0) is 49.2 Å². The molecule has 0 saturated carbocycles. The molecular weight excluding hydrogens is 500 g/mol. The van der Waals surface area contributed by atoms with E-state index in [-0.39, 0.29) is 23.7 Å². The van der Waals surface area contributed by atoms with Crippen LogP contribution in [0, 0.1) is 13.8 Å². The van der Waals surface area contributed by atoms with E-state index in [0.717, 1.165) is 50.8 Å². The SMILES string of the molecule is Cc1nc(-c2ccc(-c3ccc4nc5n(c4c3)[C@@H]3C[C@H]5N(C)C(=O)c4cccc(OC(F)F)c43)cc2)c(C)[nH]1. The van der Waals surface area contributed by atoms with Gasteiger partial charge in [-0.1, -0.05) is 36.4 Å². The number of carbonyl (C=O) groups is 1. The fraction of sp³-hybridized carbons (Fsp3) is 0.233. The Bertz CT molecular complexity index is 1770. The van der Waals surface area contributed by atoms with Crippen LogP contribution in [0.4, 0.5) is 8.78 Å². The highest BCUT2D eigenvalue weighted by Crippen LogP contribution is 2.50. The number of aromatic nitrogens is 4. The van der Waals surface area contributed by atoms with E-state index < -0.39 is 6.61 Å². The summed E-state index contributed by atoms with van der Waals surface area (Å²) in [7, 11) is 1.74. The number of carbonyl (C=O) groups excluding carboxylic acids is 1. The summed E-state index contributed by atoms with van der Waals surface area (Å²) in [6.07, 6.45) is 0.540. The summed E-state index contributed by atoms with van der Waals surface area (Å²) < 4.78 is 33.7. The summed E-state index contributed by atoms with van der Waals surface area (Å²) in [5, 5.41) is 0. The van der Waals surface area contributed by atoms with Crippen molar-refractivity contribution in [1.82, 2.24) is 24.4 Å². The van der Waals surface area contributed by atoms with Crippen LogP contribution in [0.15, 0.2) is 60.7 Å². The van der Waals surface area contributed by atoms with Crippen LogP contribution in [0.3, 0.4) is 0 Å². The predicted molar refractivity (Wildman–Crippen MR) is 143 cm³/mol. The monoisotopic (exact) mass is 525 g/mol. The summed E-state index contributed by atoms with van der Waals surface area (Å²) in [5.41, 5.74) is 7.58. The molecular formula is C30H25F2N5O2. The van der Waals surface area contributed by atoms with E-state index in [1.807, 2.05) is 26.0 Å². The van der Waals surface area contributed by atoms with Gasteiger partial charge in [-0.2, -0.15) is 8.78 Å². The van der Waals surface area contributed by atoms with Gasteiger partial charge in [0.05, 0.1) is 28.8 Å². The summed E-state index contributed by atoms with van der Waals surface area (Å²) in [4.78, 5) is 27.7. The van der Waals surface area contributed by atoms with Crippen molar-refractivity contribution >= 4 is 16.9 Å². The Morgan fingerprint density at radius 3 is 2.44 bits per heavy atom. The van der Waals surface area contributed by atoms with Gasteiger partial charge < -0.3 is 19.2 Å². The molecule has 9 heteroatoms. The first-order valence-electron chi connectivity index (χ1n) is 12.8. The zero-order valence-electron chi connectivity index (χ0n) is 21.6. The molecule has 3 aromatic carbocycles. The number of aromatic amines is 1. The molecule has 2 aliphatic rings. The number of rotatable bonds is 4. The molecule has 2 atom stereocenters. The first-order chi connectivity index (χ1) is 18.8. The van der Waals surface area contributed by atoms with Crippen molar-refractivity contribution in [1.29, 1.82) is 0 Å². The normalized spacial score (nSPS) is 18.0. The zero-order valence-corrected chi connectivity index (χ0v) is 21.6. The summed E-state index contributed by atoms with van der Waals surface area (Å²) in [6.45, 7) is 0.958. The molecule has 0 aliphatic carbocycles. The number of halogens is 2. The second-order valence-electron chi connectivity index (χ2n) is 10.2. The minimum Gasteiger partial charge on any atom is -0.434 e. The first kappa shape index (κ1) is 23.6. The van der Waals surface area contributed by atoms with E-state index in [2.05, 4.69) is 44.9 Å². The van der Waals surface area contributed by atoms with Crippen molar-refractivity contribution in [2.24, 2.45) is 0 Å². The van der Waals surface area contributed by atoms with Gasteiger partial charge in [0.15, 0.2) is 0 Å². The Hall–Kier alpha value is -4.53. The minimum atomic E-state index is -2.99. The Morgan fingerprint density at radius 2 is 1.72 bits per heavy atom. The van der Waals surface area contributed by atoms with Crippen LogP contribution >= 0.6 is 0 Å². The van der Waals surface area contributed by atoms with Crippen molar-refractivity contribution < 1.29 is 18.3 Å². The summed E-state index contributed by atoms with van der Waals surface area (Å²) in [5.74, 6) is 1.43. The predicted octanol–water partition coefficient (Wildman–Crippen LogP) is 6.43. The van der Waals surface area contributed by atoms with E-state index in [0.29, 0.717) is 17.5 Å². The lowest BCUT2D eigenvalue weighted by Gasteiger charge is -2.24. The molecule has 2 bridgehead atoms. The molecule has 2 aliphatic heterocycles. The van der Waals surface area contributed by atoms with Crippen molar-refractivity contribution in [3.63, 3.8) is 0 Å². The Kier molecular flexibility index (Phi) is 5.13. The van der Waals surface area contributed by atoms with Gasteiger partial charge in [0.25, 0.3) is 5.91 Å². The van der Waals surface area contributed by atoms with Gasteiger partial charge in [-0.3, -0.25) is 4.79 Å². The molecule has 196 valence electrons. The second-order valence-corrected chi connectivity index (χ2v) is 10.2. The number of ether oxygens (including phenoxy) is 1. The highest BCUT2D eigenvalue weighted by Gasteiger charge is 2.45. The number of hydrogen-bond acceptors (Lipinski definition) is 4. The van der Waals surface area contributed by atoms with Crippen LogP contribution in [-0.2, 0) is 0 Å². The van der Waals surface area contributed by atoms with Gasteiger partial charge in [0, 0.05) is 35.9 Å². The summed E-state index contributed by atoms with van der Waals surface area (Å²) >= 11 is 0. The number of aryl methyl sites for hydroxylation is 2. The van der Waals surface area contributed by atoms with E-state index in [1.54, 1.807) is 24.1 Å². The second kappa shape index (κ2) is 8.49. The number of H-pyrrole nitrogens is 1. The third-order valence-corrected chi connectivity index (χ3v) is 7.90. The van der Waals surface area contributed by atoms with Gasteiger partial charge in [-0.25, -0.2) is 9.97 Å². The van der Waals surface area contributed by atoms with Crippen LogP contribution in [0.2, 0.25) is 0 Å². The fourth-order valence-electron chi connectivity index (χ4n) is 6.17. The molecule has 5 aromatic rings. The molecule has 1 N–H and O–H groups in total. The molecule has 39 heavy (non-hydrogen) atoms. The average Bonchev–Trinajstić information content (AvgIpc) is 3.56. The van der Waals surface area contributed by atoms with Crippen LogP contribution in [-0.4, -0.2) is 44.0 Å². The lowest BCUT2D eigenvalue weighted by Crippen LogP contribution is -2.30. The highest BCUT2D eigenvalue weighted by molar-refractivity contribution is 5.98. The molecule has 4 heterocycles. The summed E-state index contributed by atoms with van der Waals surface area (Å²) in [6, 6.07) is 18.5. The molecule has 0 fully saturated rings. The van der Waals surface area contributed by atoms with Gasteiger partial charge in [0.2, 0.25) is 0 Å². The van der Waals surface area contributed by atoms with E-state index in [1.165, 1.54) is 6.07 Å². The molecule has 0 saturated heterocycles. The zero-order chi connectivity index (χ0) is 27.0. The van der Waals surface area contributed by atoms with E-state index in [4.69, 9.17) is 9.72 Å². The molecule has 7 rings (SSSR count). The number of nitrogens with zero attached hydrogens (tertiary/aromatic N) is 4. The topological polar surface area (TPSA) is 76.0 Å². The van der Waals surface area contributed by atoms with Crippen molar-refractivity contribution in [3.05, 3.63) is 89.1 Å². The molecule has 7 nitrogen and oxygen atoms in total. The van der Waals surface area contributed by atoms with Crippen molar-refractivity contribution in [2.75, 3.05) is 7.05 Å². The van der Waals surface area contributed by atoms with Crippen LogP contribution < -0.4 is 4.74 Å². The number of imidazole rings is 2. The van der Waals surface area contributed by atoms with Crippen LogP contribution in [0.5, 0.6) is 5.75 Å². The number of benzene rings is 3. The number of fused-ring (bicyclic) bond motifs is 9. The van der Waals surface area contributed by atoms with Gasteiger partial charge >= 0.3 is 6.61 Å². The van der Waals surface area contributed by atoms with Crippen LogP contribution in [0.1, 0.15) is 51.8 Å². The third kappa shape index (κ3) is 3.56. The van der Waals surface area contributed by atoms with E-state index in [9.17, 15) is 13.6 Å². The highest BCUT2D eigenvalue weighted by atomic mass is 19.3. The molecule has 1 amide bonds. The number of amides is 1.